The molecule has 2 saturated heterocycles. The average molecular weight is 755 g/mol. The molecular weight excluding hydrogens is 712 g/mol. The number of phenolic OH excluding ortho intramolecular Hbond substituents is 1. The summed E-state index contributed by atoms with van der Waals surface area (Å²) >= 11 is 0. The number of benzene rings is 4. The van der Waals surface area contributed by atoms with E-state index in [0.717, 1.165) is 11.3 Å². The summed E-state index contributed by atoms with van der Waals surface area (Å²) in [4.78, 5) is 56.5. The summed E-state index contributed by atoms with van der Waals surface area (Å²) in [6.45, 7) is 4.93. The number of ether oxygens (including phenoxy) is 7. The summed E-state index contributed by atoms with van der Waals surface area (Å²) in [7, 11) is 3.23. The van der Waals surface area contributed by atoms with E-state index in [2.05, 4.69) is 0 Å². The zero-order valence-electron chi connectivity index (χ0n) is 31.0. The number of aromatic hydroxyl groups is 1. The number of rotatable bonds is 10. The lowest BCUT2D eigenvalue weighted by molar-refractivity contribution is -0.151. The van der Waals surface area contributed by atoms with Crippen LogP contribution in [0.5, 0.6) is 23.0 Å². The minimum atomic E-state index is -0.405. The number of carbonyl (C=O) groups is 5. The van der Waals surface area contributed by atoms with E-state index in [4.69, 9.17) is 38.3 Å². The highest BCUT2D eigenvalue weighted by Gasteiger charge is 2.49. The minimum Gasteiger partial charge on any atom is -0.508 e. The van der Waals surface area contributed by atoms with Gasteiger partial charge < -0.3 is 38.3 Å². The molecule has 2 fully saturated rings. The second-order valence-corrected chi connectivity index (χ2v) is 12.1. The number of phenols is 1. The van der Waals surface area contributed by atoms with E-state index in [1.54, 1.807) is 81.0 Å². The highest BCUT2D eigenvalue weighted by Crippen LogP contribution is 2.30. The molecule has 0 aliphatic carbocycles. The lowest BCUT2D eigenvalue weighted by Crippen LogP contribution is -2.34. The Kier molecular flexibility index (Phi) is 15.4. The smallest absolute Gasteiger partial charge is 0.308 e. The first kappa shape index (κ1) is 41.6. The normalized spacial score (nSPS) is 18.1. The van der Waals surface area contributed by atoms with Crippen molar-refractivity contribution in [3.63, 3.8) is 0 Å². The van der Waals surface area contributed by atoms with Crippen molar-refractivity contribution in [3.8, 4) is 23.0 Å². The maximum atomic E-state index is 12.1. The molecule has 13 heteroatoms. The molecule has 288 valence electrons. The number of methoxy groups -OCH3 is 2. The van der Waals surface area contributed by atoms with Crippen molar-refractivity contribution in [2.45, 2.75) is 45.2 Å². The molecule has 0 radical (unpaired) electrons. The van der Waals surface area contributed by atoms with E-state index in [1.165, 1.54) is 39.0 Å². The van der Waals surface area contributed by atoms with Crippen LogP contribution >= 0.6 is 0 Å². The van der Waals surface area contributed by atoms with Crippen molar-refractivity contribution < 1.29 is 62.2 Å². The standard InChI is InChI=1S/C18H16O4.C15H12O4.C9H14O5/c1-13(19)22-17-10-6-15(7-11-17)18(20)12-5-14-3-8-16(21-2)9-4-14;1-10(16)19-14-8-4-12(5-9-14)15(18)11-2-6-13(17)7-3-11;1-5(10)14-7-4-13-8-6(11-2)3-12-9(7)8/h3-12H,1-2H3;2-9,17H,1H3;6-9H,3-4H2,1-2H3/b12-5+;;. The van der Waals surface area contributed by atoms with E-state index < -0.39 is 11.9 Å². The van der Waals surface area contributed by atoms with Crippen molar-refractivity contribution in [2.75, 3.05) is 27.4 Å². The predicted molar refractivity (Wildman–Crippen MR) is 199 cm³/mol. The van der Waals surface area contributed by atoms with Crippen LogP contribution in [-0.4, -0.2) is 86.4 Å². The average Bonchev–Trinajstić information content (AvgIpc) is 3.77. The Morgan fingerprint density at radius 1 is 0.600 bits per heavy atom. The Bertz CT molecular complexity index is 1930. The highest BCUT2D eigenvalue weighted by molar-refractivity contribution is 6.09. The molecule has 0 spiro atoms. The molecular formula is C42H42O13. The van der Waals surface area contributed by atoms with Gasteiger partial charge in [-0.15, -0.1) is 0 Å². The van der Waals surface area contributed by atoms with Crippen LogP contribution in [0.3, 0.4) is 0 Å². The molecule has 0 saturated carbocycles. The third kappa shape index (κ3) is 12.7. The van der Waals surface area contributed by atoms with Crippen LogP contribution in [0, 0.1) is 0 Å². The van der Waals surface area contributed by atoms with E-state index in [0.29, 0.717) is 41.4 Å². The van der Waals surface area contributed by atoms with Gasteiger partial charge in [-0.2, -0.15) is 0 Å². The second kappa shape index (κ2) is 20.3. The Morgan fingerprint density at radius 3 is 1.53 bits per heavy atom. The van der Waals surface area contributed by atoms with Gasteiger partial charge in [-0.3, -0.25) is 24.0 Å². The lowest BCUT2D eigenvalue weighted by Gasteiger charge is -2.15. The van der Waals surface area contributed by atoms with Crippen LogP contribution in [0.1, 0.15) is 52.6 Å². The number of hydrogen-bond donors (Lipinski definition) is 1. The van der Waals surface area contributed by atoms with E-state index in [9.17, 15) is 24.0 Å². The monoisotopic (exact) mass is 754 g/mol. The lowest BCUT2D eigenvalue weighted by atomic mass is 10.0. The predicted octanol–water partition coefficient (Wildman–Crippen LogP) is 5.80. The number of esters is 3. The Morgan fingerprint density at radius 2 is 1.05 bits per heavy atom. The fourth-order valence-electron chi connectivity index (χ4n) is 5.40. The summed E-state index contributed by atoms with van der Waals surface area (Å²) in [5, 5.41) is 9.17. The second-order valence-electron chi connectivity index (χ2n) is 12.1. The van der Waals surface area contributed by atoms with E-state index in [-0.39, 0.29) is 47.7 Å². The molecule has 2 aliphatic rings. The van der Waals surface area contributed by atoms with Crippen LogP contribution < -0.4 is 14.2 Å². The van der Waals surface area contributed by atoms with Gasteiger partial charge in [0.15, 0.2) is 17.7 Å². The maximum Gasteiger partial charge on any atom is 0.308 e. The van der Waals surface area contributed by atoms with Crippen molar-refractivity contribution in [3.05, 3.63) is 125 Å². The van der Waals surface area contributed by atoms with Gasteiger partial charge in [0.2, 0.25) is 0 Å². The Hall–Kier alpha value is -6.15. The molecule has 0 bridgehead atoms. The molecule has 13 nitrogen and oxygen atoms in total. The van der Waals surface area contributed by atoms with Crippen molar-refractivity contribution in [1.29, 1.82) is 0 Å². The number of hydrogen-bond acceptors (Lipinski definition) is 13. The molecule has 4 aromatic carbocycles. The van der Waals surface area contributed by atoms with Gasteiger partial charge in [-0.25, -0.2) is 0 Å². The fourth-order valence-corrected chi connectivity index (χ4v) is 5.40. The molecule has 0 aromatic heterocycles. The van der Waals surface area contributed by atoms with Crippen molar-refractivity contribution >= 4 is 35.6 Å². The Balaban J connectivity index is 0.000000188. The highest BCUT2D eigenvalue weighted by atomic mass is 16.7. The van der Waals surface area contributed by atoms with Crippen LogP contribution in [0.25, 0.3) is 6.08 Å². The van der Waals surface area contributed by atoms with Crippen LogP contribution in [0.2, 0.25) is 0 Å². The number of ketones is 2. The van der Waals surface area contributed by atoms with Gasteiger partial charge in [0, 0.05) is 44.6 Å². The largest absolute Gasteiger partial charge is 0.508 e. The SMILES string of the molecule is CC(=O)Oc1ccc(C(=O)c2ccc(O)cc2)cc1.COC1COC2C(OC(C)=O)COC12.COc1ccc(/C=C/C(=O)c2ccc(OC(C)=O)cc2)cc1. The van der Waals surface area contributed by atoms with E-state index >= 15 is 0 Å². The quantitative estimate of drug-likeness (QED) is 0.0894. The molecule has 55 heavy (non-hydrogen) atoms. The molecule has 4 aromatic rings. The maximum absolute atomic E-state index is 12.1. The van der Waals surface area contributed by atoms with Gasteiger partial charge in [0.05, 0.1) is 20.3 Å². The zero-order chi connectivity index (χ0) is 39.9. The molecule has 1 N–H and O–H groups in total. The summed E-state index contributed by atoms with van der Waals surface area (Å²) in [6, 6.07) is 26.2. The molecule has 4 unspecified atom stereocenters. The number of fused-ring (bicyclic) bond motifs is 1. The van der Waals surface area contributed by atoms with Crippen LogP contribution in [0.4, 0.5) is 0 Å². The van der Waals surface area contributed by atoms with Gasteiger partial charge >= 0.3 is 17.9 Å². The van der Waals surface area contributed by atoms with E-state index in [1.807, 2.05) is 24.3 Å². The first-order valence-corrected chi connectivity index (χ1v) is 17.1. The fraction of sp³-hybridized carbons (Fsp3) is 0.262. The van der Waals surface area contributed by atoms with Gasteiger partial charge in [-0.1, -0.05) is 18.2 Å². The number of allylic oxidation sites excluding steroid dienone is 1. The van der Waals surface area contributed by atoms with Crippen molar-refractivity contribution in [1.82, 2.24) is 0 Å². The molecule has 2 heterocycles. The summed E-state index contributed by atoms with van der Waals surface area (Å²) in [6.07, 6.45) is 2.66. The third-order valence-electron chi connectivity index (χ3n) is 8.03. The first-order chi connectivity index (χ1) is 26.4. The topological polar surface area (TPSA) is 170 Å². The molecule has 6 rings (SSSR count). The van der Waals surface area contributed by atoms with Crippen LogP contribution in [-0.2, 0) is 33.3 Å². The Labute approximate surface area is 318 Å². The van der Waals surface area contributed by atoms with Gasteiger partial charge in [0.1, 0.15) is 41.3 Å². The molecule has 0 amide bonds. The van der Waals surface area contributed by atoms with Gasteiger partial charge in [-0.05, 0) is 96.6 Å². The zero-order valence-corrected chi connectivity index (χ0v) is 31.0. The molecule has 2 aliphatic heterocycles. The summed E-state index contributed by atoms with van der Waals surface area (Å²) in [5.41, 5.74) is 2.41. The summed E-state index contributed by atoms with van der Waals surface area (Å²) < 4.78 is 36.1. The van der Waals surface area contributed by atoms with Gasteiger partial charge in [0.25, 0.3) is 0 Å². The molecule has 4 atom stereocenters. The minimum absolute atomic E-state index is 0.0411. The summed E-state index contributed by atoms with van der Waals surface area (Å²) in [5.74, 6) is 0.323. The van der Waals surface area contributed by atoms with Crippen molar-refractivity contribution in [2.24, 2.45) is 0 Å². The van der Waals surface area contributed by atoms with Crippen LogP contribution in [0.15, 0.2) is 103 Å². The number of carbonyl (C=O) groups excluding carboxylic acids is 5. The third-order valence-corrected chi connectivity index (χ3v) is 8.03. The first-order valence-electron chi connectivity index (χ1n) is 17.1.